The van der Waals surface area contributed by atoms with E-state index in [-0.39, 0.29) is 16.9 Å². The molecule has 0 heterocycles. The van der Waals surface area contributed by atoms with E-state index in [1.54, 1.807) is 6.92 Å². The number of halogens is 1. The average Bonchev–Trinajstić information content (AvgIpc) is 2.55. The molecule has 2 aromatic carbocycles. The summed E-state index contributed by atoms with van der Waals surface area (Å²) in [5.74, 6) is -2.42. The second-order valence-corrected chi connectivity index (χ2v) is 4.86. The van der Waals surface area contributed by atoms with Crippen LogP contribution in [0, 0.1) is 22.9 Å². The van der Waals surface area contributed by atoms with Crippen LogP contribution in [-0.2, 0) is 9.53 Å². The zero-order valence-corrected chi connectivity index (χ0v) is 12.6. The van der Waals surface area contributed by atoms with Crippen LogP contribution in [-0.4, -0.2) is 23.4 Å². The quantitative estimate of drug-likeness (QED) is 0.516. The average molecular weight is 332 g/mol. The lowest BCUT2D eigenvalue weighted by molar-refractivity contribution is -0.384. The molecule has 0 bridgehead atoms. The molecule has 7 nitrogen and oxygen atoms in total. The van der Waals surface area contributed by atoms with E-state index in [4.69, 9.17) is 4.74 Å². The zero-order chi connectivity index (χ0) is 17.7. The van der Waals surface area contributed by atoms with Gasteiger partial charge in [-0.15, -0.1) is 0 Å². The van der Waals surface area contributed by atoms with Crippen LogP contribution in [0.3, 0.4) is 0 Å². The number of hydrogen-bond donors (Lipinski definition) is 1. The molecule has 0 radical (unpaired) electrons. The largest absolute Gasteiger partial charge is 0.452 e. The molecule has 24 heavy (non-hydrogen) atoms. The monoisotopic (exact) mass is 332 g/mol. The standard InChI is InChI=1S/C16H13FN2O5/c1-10-6-7-11(19(22)23)8-14(10)18-15(20)9-24-16(21)12-4-2-3-5-13(12)17/h2-8H,9H2,1H3,(H,18,20). The molecule has 0 aromatic heterocycles. The summed E-state index contributed by atoms with van der Waals surface area (Å²) in [5, 5.41) is 13.2. The van der Waals surface area contributed by atoms with Crippen molar-refractivity contribution in [2.75, 3.05) is 11.9 Å². The summed E-state index contributed by atoms with van der Waals surface area (Å²) < 4.78 is 18.2. The molecule has 0 unspecified atom stereocenters. The number of anilines is 1. The Morgan fingerprint density at radius 3 is 2.62 bits per heavy atom. The summed E-state index contributed by atoms with van der Waals surface area (Å²) >= 11 is 0. The predicted molar refractivity (Wildman–Crippen MR) is 83.1 cm³/mol. The number of carbonyl (C=O) groups excluding carboxylic acids is 2. The third kappa shape index (κ3) is 4.13. The van der Waals surface area contributed by atoms with Crippen LogP contribution in [0.1, 0.15) is 15.9 Å². The van der Waals surface area contributed by atoms with Crippen molar-refractivity contribution < 1.29 is 23.6 Å². The molecule has 124 valence electrons. The number of hydrogen-bond acceptors (Lipinski definition) is 5. The second kappa shape index (κ2) is 7.32. The summed E-state index contributed by atoms with van der Waals surface area (Å²) in [5.41, 5.74) is 0.376. The van der Waals surface area contributed by atoms with Crippen molar-refractivity contribution >= 4 is 23.3 Å². The van der Waals surface area contributed by atoms with Crippen molar-refractivity contribution in [1.82, 2.24) is 0 Å². The molecule has 0 fully saturated rings. The van der Waals surface area contributed by atoms with Gasteiger partial charge in [0.05, 0.1) is 16.2 Å². The number of benzene rings is 2. The molecule has 1 N–H and O–H groups in total. The van der Waals surface area contributed by atoms with E-state index in [0.717, 1.165) is 6.07 Å². The van der Waals surface area contributed by atoms with E-state index in [2.05, 4.69) is 5.32 Å². The molecule has 8 heteroatoms. The molecule has 0 atom stereocenters. The van der Waals surface area contributed by atoms with Gasteiger partial charge in [0.2, 0.25) is 0 Å². The van der Waals surface area contributed by atoms with Gasteiger partial charge in [-0.2, -0.15) is 0 Å². The Morgan fingerprint density at radius 1 is 1.25 bits per heavy atom. The molecule has 0 spiro atoms. The van der Waals surface area contributed by atoms with E-state index in [0.29, 0.717) is 5.56 Å². The number of nitrogens with zero attached hydrogens (tertiary/aromatic N) is 1. The van der Waals surface area contributed by atoms with Gasteiger partial charge in [-0.1, -0.05) is 18.2 Å². The van der Waals surface area contributed by atoms with Crippen molar-refractivity contribution in [2.24, 2.45) is 0 Å². The molecular formula is C16H13FN2O5. The number of aryl methyl sites for hydroxylation is 1. The van der Waals surface area contributed by atoms with E-state index < -0.39 is 29.2 Å². The van der Waals surface area contributed by atoms with Gasteiger partial charge in [0, 0.05) is 12.1 Å². The Kier molecular flexibility index (Phi) is 5.20. The molecule has 0 aliphatic rings. The van der Waals surface area contributed by atoms with Gasteiger partial charge in [-0.25, -0.2) is 9.18 Å². The SMILES string of the molecule is Cc1ccc([N+](=O)[O-])cc1NC(=O)COC(=O)c1ccccc1F. The molecule has 0 aliphatic carbocycles. The number of amides is 1. The first-order chi connectivity index (χ1) is 11.4. The third-order valence-corrected chi connectivity index (χ3v) is 3.13. The number of nitro groups is 1. The highest BCUT2D eigenvalue weighted by Gasteiger charge is 2.15. The fourth-order valence-corrected chi connectivity index (χ4v) is 1.88. The molecular weight excluding hydrogens is 319 g/mol. The van der Waals surface area contributed by atoms with Crippen LogP contribution in [0.5, 0.6) is 0 Å². The Hall–Kier alpha value is -3.29. The third-order valence-electron chi connectivity index (χ3n) is 3.13. The van der Waals surface area contributed by atoms with Crippen LogP contribution < -0.4 is 5.32 Å². The second-order valence-electron chi connectivity index (χ2n) is 4.86. The highest BCUT2D eigenvalue weighted by molar-refractivity contribution is 5.96. The number of non-ortho nitro benzene ring substituents is 1. The minimum absolute atomic E-state index is 0.181. The van der Waals surface area contributed by atoms with Crippen LogP contribution in [0.2, 0.25) is 0 Å². The lowest BCUT2D eigenvalue weighted by Gasteiger charge is -2.09. The molecule has 0 aliphatic heterocycles. The van der Waals surface area contributed by atoms with Crippen molar-refractivity contribution in [1.29, 1.82) is 0 Å². The molecule has 0 saturated carbocycles. The number of nitro benzene ring substituents is 1. The normalized spacial score (nSPS) is 10.1. The lowest BCUT2D eigenvalue weighted by atomic mass is 10.2. The maximum absolute atomic E-state index is 13.4. The van der Waals surface area contributed by atoms with Gasteiger partial charge in [-0.3, -0.25) is 14.9 Å². The fraction of sp³-hybridized carbons (Fsp3) is 0.125. The van der Waals surface area contributed by atoms with Gasteiger partial charge in [-0.05, 0) is 24.6 Å². The smallest absolute Gasteiger partial charge is 0.341 e. The number of ether oxygens (including phenoxy) is 1. The van der Waals surface area contributed by atoms with Gasteiger partial charge >= 0.3 is 5.97 Å². The number of esters is 1. The number of nitrogens with one attached hydrogen (secondary N) is 1. The summed E-state index contributed by atoms with van der Waals surface area (Å²) in [7, 11) is 0. The highest BCUT2D eigenvalue weighted by Crippen LogP contribution is 2.21. The van der Waals surface area contributed by atoms with Crippen molar-refractivity contribution in [3.63, 3.8) is 0 Å². The van der Waals surface area contributed by atoms with E-state index >= 15 is 0 Å². The number of carbonyl (C=O) groups is 2. The Morgan fingerprint density at radius 2 is 1.96 bits per heavy atom. The molecule has 2 aromatic rings. The minimum atomic E-state index is -0.973. The van der Waals surface area contributed by atoms with Crippen LogP contribution >= 0.6 is 0 Å². The van der Waals surface area contributed by atoms with Crippen LogP contribution in [0.25, 0.3) is 0 Å². The summed E-state index contributed by atoms with van der Waals surface area (Å²) in [6.07, 6.45) is 0. The fourth-order valence-electron chi connectivity index (χ4n) is 1.88. The Labute approximate surface area is 136 Å². The van der Waals surface area contributed by atoms with Crippen molar-refractivity contribution in [3.05, 3.63) is 69.5 Å². The first-order valence-electron chi connectivity index (χ1n) is 6.85. The van der Waals surface area contributed by atoms with Crippen LogP contribution in [0.4, 0.5) is 15.8 Å². The number of rotatable bonds is 5. The Bertz CT molecular complexity index is 807. The van der Waals surface area contributed by atoms with Crippen molar-refractivity contribution in [3.8, 4) is 0 Å². The van der Waals surface area contributed by atoms with Crippen molar-refractivity contribution in [2.45, 2.75) is 6.92 Å². The summed E-state index contributed by atoms with van der Waals surface area (Å²) in [6.45, 7) is 1.01. The first kappa shape index (κ1) is 17.1. The molecule has 0 saturated heterocycles. The van der Waals surface area contributed by atoms with E-state index in [1.807, 2.05) is 0 Å². The lowest BCUT2D eigenvalue weighted by Crippen LogP contribution is -2.21. The van der Waals surface area contributed by atoms with Crippen LogP contribution in [0.15, 0.2) is 42.5 Å². The Balaban J connectivity index is 1.99. The minimum Gasteiger partial charge on any atom is -0.452 e. The van der Waals surface area contributed by atoms with Gasteiger partial charge in [0.25, 0.3) is 11.6 Å². The van der Waals surface area contributed by atoms with E-state index in [1.165, 1.54) is 36.4 Å². The molecule has 1 amide bonds. The summed E-state index contributed by atoms with van der Waals surface area (Å²) in [6, 6.07) is 9.22. The molecule has 2 rings (SSSR count). The zero-order valence-electron chi connectivity index (χ0n) is 12.6. The highest BCUT2D eigenvalue weighted by atomic mass is 19.1. The van der Waals surface area contributed by atoms with Gasteiger partial charge in [0.15, 0.2) is 6.61 Å². The maximum Gasteiger partial charge on any atom is 0.341 e. The first-order valence-corrected chi connectivity index (χ1v) is 6.85. The van der Waals surface area contributed by atoms with E-state index in [9.17, 15) is 24.1 Å². The van der Waals surface area contributed by atoms with Gasteiger partial charge in [0.1, 0.15) is 5.82 Å². The topological polar surface area (TPSA) is 98.5 Å². The predicted octanol–water partition coefficient (Wildman–Crippen LogP) is 2.84. The van der Waals surface area contributed by atoms with Gasteiger partial charge < -0.3 is 10.1 Å². The maximum atomic E-state index is 13.4. The summed E-state index contributed by atoms with van der Waals surface area (Å²) in [4.78, 5) is 33.7.